The largest absolute Gasteiger partial charge is 0.480 e. The van der Waals surface area contributed by atoms with Gasteiger partial charge in [0.25, 0.3) is 0 Å². The van der Waals surface area contributed by atoms with Gasteiger partial charge < -0.3 is 9.52 Å². The summed E-state index contributed by atoms with van der Waals surface area (Å²) in [5.41, 5.74) is -0.188. The Morgan fingerprint density at radius 1 is 1.43 bits per heavy atom. The van der Waals surface area contributed by atoms with Crippen LogP contribution < -0.4 is 0 Å². The van der Waals surface area contributed by atoms with Gasteiger partial charge in [0.1, 0.15) is 6.04 Å². The van der Waals surface area contributed by atoms with Gasteiger partial charge in [0.15, 0.2) is 0 Å². The predicted molar refractivity (Wildman–Crippen MR) is 77.8 cm³/mol. The molecule has 1 saturated heterocycles. The van der Waals surface area contributed by atoms with E-state index >= 15 is 0 Å². The number of aliphatic carboxylic acids is 1. The molecule has 0 amide bonds. The Balaban J connectivity index is 2.07. The van der Waals surface area contributed by atoms with E-state index in [9.17, 15) is 9.90 Å². The summed E-state index contributed by atoms with van der Waals surface area (Å²) in [6.45, 7) is 9.33. The van der Waals surface area contributed by atoms with Gasteiger partial charge in [-0.05, 0) is 25.3 Å². The lowest BCUT2D eigenvalue weighted by Gasteiger charge is -2.36. The molecule has 2 rings (SSSR count). The molecule has 1 N–H and O–H groups in total. The number of carboxylic acid groups (broad SMARTS) is 1. The van der Waals surface area contributed by atoms with Crippen molar-refractivity contribution >= 4 is 5.97 Å². The highest BCUT2D eigenvalue weighted by Crippen LogP contribution is 2.27. The van der Waals surface area contributed by atoms with Gasteiger partial charge in [-0.1, -0.05) is 34.1 Å². The highest BCUT2D eigenvalue weighted by molar-refractivity contribution is 5.73. The fourth-order valence-electron chi connectivity index (χ4n) is 2.70. The van der Waals surface area contributed by atoms with Crippen LogP contribution in [0.2, 0.25) is 0 Å². The lowest BCUT2D eigenvalue weighted by molar-refractivity contribution is -0.146. The molecule has 2 heterocycles. The topological polar surface area (TPSA) is 79.5 Å². The lowest BCUT2D eigenvalue weighted by atomic mass is 9.89. The van der Waals surface area contributed by atoms with Gasteiger partial charge in [-0.25, -0.2) is 0 Å². The number of likely N-dealkylation sites (tertiary alicyclic amines) is 1. The molecule has 1 aliphatic heterocycles. The summed E-state index contributed by atoms with van der Waals surface area (Å²) in [6, 6.07) is -0.450. The molecule has 0 aliphatic carbocycles. The van der Waals surface area contributed by atoms with Crippen LogP contribution in [0.25, 0.3) is 0 Å². The summed E-state index contributed by atoms with van der Waals surface area (Å²) >= 11 is 0. The minimum absolute atomic E-state index is 0.188. The number of nitrogens with zero attached hydrogens (tertiary/aromatic N) is 3. The molecule has 1 aromatic heterocycles. The summed E-state index contributed by atoms with van der Waals surface area (Å²) in [5.74, 6) is 0.827. The second-order valence-corrected chi connectivity index (χ2v) is 6.87. The van der Waals surface area contributed by atoms with E-state index in [0.29, 0.717) is 30.7 Å². The standard InChI is InChI=1S/C15H25N3O3/c1-5-10-6-7-18(11(8-10)13(19)20)9-12-16-17-14(21-12)15(2,3)4/h10-11H,5-9H2,1-4H3,(H,19,20). The van der Waals surface area contributed by atoms with E-state index in [2.05, 4.69) is 17.1 Å². The van der Waals surface area contributed by atoms with Crippen molar-refractivity contribution in [3.63, 3.8) is 0 Å². The van der Waals surface area contributed by atoms with E-state index in [1.807, 2.05) is 25.7 Å². The number of aromatic nitrogens is 2. The first-order valence-corrected chi connectivity index (χ1v) is 7.61. The summed E-state index contributed by atoms with van der Waals surface area (Å²) < 4.78 is 5.68. The summed E-state index contributed by atoms with van der Waals surface area (Å²) in [7, 11) is 0. The van der Waals surface area contributed by atoms with E-state index in [0.717, 1.165) is 19.4 Å². The number of piperidine rings is 1. The Morgan fingerprint density at radius 3 is 2.67 bits per heavy atom. The molecule has 1 fully saturated rings. The SMILES string of the molecule is CCC1CCN(Cc2nnc(C(C)(C)C)o2)C(C(=O)O)C1. The maximum absolute atomic E-state index is 11.5. The highest BCUT2D eigenvalue weighted by atomic mass is 16.4. The summed E-state index contributed by atoms with van der Waals surface area (Å²) in [4.78, 5) is 13.4. The van der Waals surface area contributed by atoms with Crippen LogP contribution in [0.1, 0.15) is 58.7 Å². The fraction of sp³-hybridized carbons (Fsp3) is 0.800. The molecule has 1 aromatic rings. The second-order valence-electron chi connectivity index (χ2n) is 6.87. The smallest absolute Gasteiger partial charge is 0.320 e. The van der Waals surface area contributed by atoms with Gasteiger partial charge in [-0.15, -0.1) is 10.2 Å². The molecule has 0 saturated carbocycles. The first-order valence-electron chi connectivity index (χ1n) is 7.61. The van der Waals surface area contributed by atoms with Crippen LogP contribution in [0.5, 0.6) is 0 Å². The van der Waals surface area contributed by atoms with Crippen molar-refractivity contribution in [2.45, 2.75) is 65.0 Å². The molecular weight excluding hydrogens is 270 g/mol. The van der Waals surface area contributed by atoms with Crippen molar-refractivity contribution < 1.29 is 14.3 Å². The van der Waals surface area contributed by atoms with E-state index < -0.39 is 12.0 Å². The molecule has 6 nitrogen and oxygen atoms in total. The normalized spacial score (nSPS) is 24.2. The number of hydrogen-bond donors (Lipinski definition) is 1. The van der Waals surface area contributed by atoms with Gasteiger partial charge in [-0.2, -0.15) is 0 Å². The molecule has 6 heteroatoms. The molecule has 2 unspecified atom stereocenters. The highest BCUT2D eigenvalue weighted by Gasteiger charge is 2.34. The number of carboxylic acids is 1. The van der Waals surface area contributed by atoms with E-state index in [4.69, 9.17) is 4.42 Å². The van der Waals surface area contributed by atoms with Crippen molar-refractivity contribution in [2.24, 2.45) is 5.92 Å². The Hall–Kier alpha value is -1.43. The average Bonchev–Trinajstić information content (AvgIpc) is 2.87. The fourth-order valence-corrected chi connectivity index (χ4v) is 2.70. The maximum atomic E-state index is 11.5. The van der Waals surface area contributed by atoms with Gasteiger partial charge >= 0.3 is 5.97 Å². The van der Waals surface area contributed by atoms with Crippen LogP contribution in [-0.4, -0.2) is 38.8 Å². The van der Waals surface area contributed by atoms with Crippen molar-refractivity contribution in [1.82, 2.24) is 15.1 Å². The zero-order chi connectivity index (χ0) is 15.6. The van der Waals surface area contributed by atoms with Gasteiger partial charge in [0.05, 0.1) is 6.54 Å². The maximum Gasteiger partial charge on any atom is 0.320 e. The van der Waals surface area contributed by atoms with Crippen LogP contribution in [0.3, 0.4) is 0 Å². The molecule has 0 spiro atoms. The Labute approximate surface area is 125 Å². The Kier molecular flexibility index (Phi) is 4.66. The van der Waals surface area contributed by atoms with E-state index in [-0.39, 0.29) is 5.41 Å². The number of hydrogen-bond acceptors (Lipinski definition) is 5. The minimum atomic E-state index is -0.760. The van der Waals surface area contributed by atoms with Gasteiger partial charge in [0, 0.05) is 5.41 Å². The zero-order valence-electron chi connectivity index (χ0n) is 13.3. The van der Waals surface area contributed by atoms with Crippen LogP contribution in [-0.2, 0) is 16.8 Å². The summed E-state index contributed by atoms with van der Waals surface area (Å²) in [5, 5.41) is 17.5. The van der Waals surface area contributed by atoms with Crippen LogP contribution >= 0.6 is 0 Å². The van der Waals surface area contributed by atoms with Crippen LogP contribution in [0, 0.1) is 5.92 Å². The second kappa shape index (κ2) is 6.13. The summed E-state index contributed by atoms with van der Waals surface area (Å²) in [6.07, 6.45) is 2.76. The Morgan fingerprint density at radius 2 is 2.14 bits per heavy atom. The quantitative estimate of drug-likeness (QED) is 0.919. The number of carbonyl (C=O) groups is 1. The third-order valence-electron chi connectivity index (χ3n) is 4.13. The van der Waals surface area contributed by atoms with E-state index in [1.165, 1.54) is 0 Å². The van der Waals surface area contributed by atoms with E-state index in [1.54, 1.807) is 0 Å². The molecule has 2 atom stereocenters. The monoisotopic (exact) mass is 295 g/mol. The van der Waals surface area contributed by atoms with Crippen molar-refractivity contribution in [2.75, 3.05) is 6.54 Å². The Bertz CT molecular complexity index is 493. The van der Waals surface area contributed by atoms with Crippen LogP contribution in [0.4, 0.5) is 0 Å². The first-order chi connectivity index (χ1) is 9.81. The predicted octanol–water partition coefficient (Wildman–Crippen LogP) is 2.44. The van der Waals surface area contributed by atoms with Crippen molar-refractivity contribution in [1.29, 1.82) is 0 Å². The molecule has 21 heavy (non-hydrogen) atoms. The molecule has 0 radical (unpaired) electrons. The first kappa shape index (κ1) is 15.9. The van der Waals surface area contributed by atoms with Crippen LogP contribution in [0.15, 0.2) is 4.42 Å². The van der Waals surface area contributed by atoms with Crippen molar-refractivity contribution in [3.8, 4) is 0 Å². The van der Waals surface area contributed by atoms with Gasteiger partial charge in [-0.3, -0.25) is 9.69 Å². The molecule has 0 aromatic carbocycles. The third kappa shape index (κ3) is 3.81. The molecule has 118 valence electrons. The lowest BCUT2D eigenvalue weighted by Crippen LogP contribution is -2.46. The number of rotatable bonds is 4. The average molecular weight is 295 g/mol. The van der Waals surface area contributed by atoms with Gasteiger partial charge in [0.2, 0.25) is 11.8 Å². The molecule has 0 bridgehead atoms. The minimum Gasteiger partial charge on any atom is -0.480 e. The molecule has 1 aliphatic rings. The molecular formula is C15H25N3O3. The third-order valence-corrected chi connectivity index (χ3v) is 4.13. The zero-order valence-corrected chi connectivity index (χ0v) is 13.3. The van der Waals surface area contributed by atoms with Crippen molar-refractivity contribution in [3.05, 3.63) is 11.8 Å².